The van der Waals surface area contributed by atoms with Crippen molar-refractivity contribution < 1.29 is 21.6 Å². The Labute approximate surface area is 137 Å². The third-order valence-electron chi connectivity index (χ3n) is 3.09. The van der Waals surface area contributed by atoms with Crippen LogP contribution in [0.15, 0.2) is 23.1 Å². The third-order valence-corrected chi connectivity index (χ3v) is 7.43. The first-order valence-electron chi connectivity index (χ1n) is 6.26. The van der Waals surface area contributed by atoms with Gasteiger partial charge in [-0.2, -0.15) is 0 Å². The lowest BCUT2D eigenvalue weighted by Gasteiger charge is -2.14. The van der Waals surface area contributed by atoms with E-state index in [0.717, 1.165) is 3.57 Å². The Bertz CT molecular complexity index is 786. The number of nitrogens with zero attached hydrogens (tertiary/aromatic N) is 1. The van der Waals surface area contributed by atoms with Crippen LogP contribution in [0.4, 0.5) is 0 Å². The lowest BCUT2D eigenvalue weighted by atomic mass is 10.2. The van der Waals surface area contributed by atoms with Gasteiger partial charge in [0.2, 0.25) is 0 Å². The van der Waals surface area contributed by atoms with E-state index < -0.39 is 25.8 Å². The Morgan fingerprint density at radius 3 is 2.52 bits per heavy atom. The highest BCUT2D eigenvalue weighted by Crippen LogP contribution is 2.31. The van der Waals surface area contributed by atoms with Gasteiger partial charge < -0.3 is 0 Å². The third kappa shape index (κ3) is 3.24. The highest BCUT2D eigenvalue weighted by molar-refractivity contribution is 14.1. The Hall–Kier alpha value is -0.680. The first-order valence-corrected chi connectivity index (χ1v) is 10.6. The van der Waals surface area contributed by atoms with Crippen LogP contribution in [0, 0.1) is 3.57 Å². The molecule has 6 nitrogen and oxygen atoms in total. The highest BCUT2D eigenvalue weighted by atomic mass is 127. The van der Waals surface area contributed by atoms with E-state index in [1.807, 2.05) is 22.6 Å². The molecule has 1 aliphatic rings. The predicted octanol–water partition coefficient (Wildman–Crippen LogP) is 1.26. The maximum absolute atomic E-state index is 12.3. The van der Waals surface area contributed by atoms with Gasteiger partial charge in [-0.1, -0.05) is 6.92 Å². The van der Waals surface area contributed by atoms with E-state index in [-0.39, 0.29) is 28.5 Å². The summed E-state index contributed by atoms with van der Waals surface area (Å²) in [6.07, 6.45) is 0.460. The number of sulfonamides is 1. The van der Waals surface area contributed by atoms with Crippen molar-refractivity contribution in [3.05, 3.63) is 27.3 Å². The molecule has 1 aromatic rings. The molecule has 0 spiro atoms. The van der Waals surface area contributed by atoms with E-state index in [2.05, 4.69) is 0 Å². The van der Waals surface area contributed by atoms with E-state index in [4.69, 9.17) is 0 Å². The molecule has 0 aliphatic carbocycles. The van der Waals surface area contributed by atoms with Crippen molar-refractivity contribution >= 4 is 48.4 Å². The summed E-state index contributed by atoms with van der Waals surface area (Å²) < 4.78 is 49.4. The van der Waals surface area contributed by atoms with E-state index in [9.17, 15) is 21.6 Å². The summed E-state index contributed by atoms with van der Waals surface area (Å²) in [7, 11) is -7.28. The fraction of sp³-hybridized carbons (Fsp3) is 0.417. The summed E-state index contributed by atoms with van der Waals surface area (Å²) >= 11 is 1.99. The van der Waals surface area contributed by atoms with Crippen LogP contribution in [0.25, 0.3) is 0 Å². The minimum absolute atomic E-state index is 0.0140. The van der Waals surface area contributed by atoms with Gasteiger partial charge in [0, 0.05) is 9.32 Å². The molecule has 0 N–H and O–H groups in total. The summed E-state index contributed by atoms with van der Waals surface area (Å²) in [5.74, 6) is -1.02. The fourth-order valence-electron chi connectivity index (χ4n) is 2.11. The molecular weight excluding hydrogens is 429 g/mol. The van der Waals surface area contributed by atoms with Gasteiger partial charge in [-0.25, -0.2) is 21.1 Å². The Morgan fingerprint density at radius 2 is 1.90 bits per heavy atom. The Morgan fingerprint density at radius 1 is 1.24 bits per heavy atom. The lowest BCUT2D eigenvalue weighted by Crippen LogP contribution is -2.34. The number of hydrogen-bond donors (Lipinski definition) is 0. The molecular formula is C12H14INO5S2. The number of amides is 1. The number of carbonyl (C=O) groups excluding carboxylic acids is 1. The van der Waals surface area contributed by atoms with Gasteiger partial charge in [0.15, 0.2) is 9.84 Å². The quantitative estimate of drug-likeness (QED) is 0.640. The minimum Gasteiger partial charge on any atom is -0.268 e. The van der Waals surface area contributed by atoms with Gasteiger partial charge in [-0.15, -0.1) is 0 Å². The highest BCUT2D eigenvalue weighted by Gasteiger charge is 2.41. The summed E-state index contributed by atoms with van der Waals surface area (Å²) in [5, 5.41) is 0. The zero-order valence-corrected chi connectivity index (χ0v) is 15.0. The van der Waals surface area contributed by atoms with Gasteiger partial charge in [0.1, 0.15) is 4.90 Å². The van der Waals surface area contributed by atoms with Crippen molar-refractivity contribution in [1.82, 2.24) is 4.31 Å². The van der Waals surface area contributed by atoms with Gasteiger partial charge in [0.05, 0.1) is 17.9 Å². The summed E-state index contributed by atoms with van der Waals surface area (Å²) in [6, 6.07) is 4.47. The first-order chi connectivity index (χ1) is 9.69. The lowest BCUT2D eigenvalue weighted by molar-refractivity contribution is 0.0876. The molecule has 1 amide bonds. The van der Waals surface area contributed by atoms with Crippen LogP contribution in [0.3, 0.4) is 0 Å². The van der Waals surface area contributed by atoms with Crippen LogP contribution in [0.2, 0.25) is 0 Å². The zero-order valence-electron chi connectivity index (χ0n) is 11.2. The smallest absolute Gasteiger partial charge is 0.268 e. The normalized spacial score (nSPS) is 17.0. The van der Waals surface area contributed by atoms with Gasteiger partial charge in [-0.3, -0.25) is 4.79 Å². The average Bonchev–Trinajstić information content (AvgIpc) is 2.55. The maximum atomic E-state index is 12.3. The minimum atomic E-state index is -3.93. The number of halogens is 1. The van der Waals surface area contributed by atoms with E-state index >= 15 is 0 Å². The molecule has 0 aromatic heterocycles. The molecule has 1 heterocycles. The second-order valence-corrected chi connectivity index (χ2v) is 10.1. The second kappa shape index (κ2) is 5.84. The van der Waals surface area contributed by atoms with Crippen LogP contribution in [0.1, 0.15) is 23.7 Å². The predicted molar refractivity (Wildman–Crippen MR) is 86.3 cm³/mol. The molecule has 1 aliphatic heterocycles. The molecule has 1 aromatic carbocycles. The van der Waals surface area contributed by atoms with Gasteiger partial charge >= 0.3 is 0 Å². The molecule has 0 atom stereocenters. The summed E-state index contributed by atoms with van der Waals surface area (Å²) in [6.45, 7) is 1.39. The average molecular weight is 443 g/mol. The molecule has 0 saturated carbocycles. The topological polar surface area (TPSA) is 88.6 Å². The van der Waals surface area contributed by atoms with Crippen LogP contribution < -0.4 is 0 Å². The SMILES string of the molecule is CCCS(=O)(=O)CCN1C(=O)c2cc(I)ccc2S1(=O)=O. The van der Waals surface area contributed by atoms with E-state index in [1.165, 1.54) is 12.1 Å². The maximum Gasteiger partial charge on any atom is 0.269 e. The molecule has 0 fully saturated rings. The number of sulfone groups is 1. The number of hydrogen-bond acceptors (Lipinski definition) is 5. The standard InChI is InChI=1S/C12H14INO5S2/c1-2-6-20(16,17)7-5-14-12(15)10-8-9(13)3-4-11(10)21(14,18)19/h3-4,8H,2,5-7H2,1H3. The monoisotopic (exact) mass is 443 g/mol. The molecule has 0 unspecified atom stereocenters. The number of fused-ring (bicyclic) bond motifs is 1. The number of carbonyl (C=O) groups is 1. The molecule has 116 valence electrons. The van der Waals surface area contributed by atoms with Crippen molar-refractivity contribution in [2.75, 3.05) is 18.1 Å². The molecule has 0 saturated heterocycles. The Balaban J connectivity index is 2.30. The van der Waals surface area contributed by atoms with E-state index in [1.54, 1.807) is 13.0 Å². The van der Waals surface area contributed by atoms with Crippen molar-refractivity contribution in [1.29, 1.82) is 0 Å². The molecule has 0 bridgehead atoms. The van der Waals surface area contributed by atoms with Crippen LogP contribution in [0.5, 0.6) is 0 Å². The summed E-state index contributed by atoms with van der Waals surface area (Å²) in [4.78, 5) is 12.1. The summed E-state index contributed by atoms with van der Waals surface area (Å²) in [5.41, 5.74) is 0.106. The van der Waals surface area contributed by atoms with Crippen molar-refractivity contribution in [3.63, 3.8) is 0 Å². The number of benzene rings is 1. The zero-order chi connectivity index (χ0) is 15.8. The molecule has 21 heavy (non-hydrogen) atoms. The van der Waals surface area contributed by atoms with Gasteiger partial charge in [0.25, 0.3) is 15.9 Å². The van der Waals surface area contributed by atoms with Crippen LogP contribution >= 0.6 is 22.6 Å². The van der Waals surface area contributed by atoms with Crippen LogP contribution in [-0.2, 0) is 19.9 Å². The van der Waals surface area contributed by atoms with Crippen LogP contribution in [-0.4, -0.2) is 45.1 Å². The molecule has 0 radical (unpaired) electrons. The molecule has 2 rings (SSSR count). The largest absolute Gasteiger partial charge is 0.269 e. The van der Waals surface area contributed by atoms with Crippen molar-refractivity contribution in [2.45, 2.75) is 18.2 Å². The fourth-order valence-corrected chi connectivity index (χ4v) is 5.56. The molecule has 9 heteroatoms. The van der Waals surface area contributed by atoms with Crippen molar-refractivity contribution in [2.24, 2.45) is 0 Å². The first kappa shape index (κ1) is 16.7. The Kier molecular flexibility index (Phi) is 4.64. The number of rotatable bonds is 5. The second-order valence-electron chi connectivity index (χ2n) is 4.67. The van der Waals surface area contributed by atoms with Crippen molar-refractivity contribution in [3.8, 4) is 0 Å². The van der Waals surface area contributed by atoms with Gasteiger partial charge in [-0.05, 0) is 47.2 Å². The van der Waals surface area contributed by atoms with E-state index in [0.29, 0.717) is 10.7 Å².